The minimum absolute atomic E-state index is 0.0388. The van der Waals surface area contributed by atoms with Crippen LogP contribution in [0.1, 0.15) is 51.7 Å². The van der Waals surface area contributed by atoms with Gasteiger partial charge < -0.3 is 0 Å². The van der Waals surface area contributed by atoms with E-state index in [1.54, 1.807) is 0 Å². The largest absolute Gasteiger partial charge is 0.216 e. The van der Waals surface area contributed by atoms with Gasteiger partial charge in [0.2, 0.25) is 11.2 Å². The Morgan fingerprint density at radius 3 is 2.28 bits per heavy atom. The minimum atomic E-state index is 0.0388. The third-order valence-corrected chi connectivity index (χ3v) is 7.00. The highest BCUT2D eigenvalue weighted by atomic mass is 15.1. The lowest BCUT2D eigenvalue weighted by Crippen LogP contribution is -2.68. The van der Waals surface area contributed by atoms with E-state index in [4.69, 9.17) is 0 Å². The van der Waals surface area contributed by atoms with E-state index in [0.29, 0.717) is 0 Å². The van der Waals surface area contributed by atoms with Gasteiger partial charge in [0, 0.05) is 30.4 Å². The highest BCUT2D eigenvalue weighted by molar-refractivity contribution is 5.81. The number of benzene rings is 2. The van der Waals surface area contributed by atoms with Crippen molar-refractivity contribution in [2.75, 3.05) is 0 Å². The van der Waals surface area contributed by atoms with Crippen molar-refractivity contribution in [1.82, 2.24) is 0 Å². The fourth-order valence-electron chi connectivity index (χ4n) is 5.08. The summed E-state index contributed by atoms with van der Waals surface area (Å²) in [5.74, 6) is 0. The fourth-order valence-corrected chi connectivity index (χ4v) is 5.08. The predicted octanol–water partition coefficient (Wildman–Crippen LogP) is 5.91. The summed E-state index contributed by atoms with van der Waals surface area (Å²) in [5.41, 5.74) is 7.15. The van der Waals surface area contributed by atoms with Gasteiger partial charge in [0.25, 0.3) is 0 Å². The van der Waals surface area contributed by atoms with Crippen LogP contribution < -0.4 is 4.57 Å². The van der Waals surface area contributed by atoms with Gasteiger partial charge in [-0.2, -0.15) is 4.57 Å². The molecule has 0 spiro atoms. The van der Waals surface area contributed by atoms with E-state index in [2.05, 4.69) is 93.8 Å². The maximum absolute atomic E-state index is 2.66. The van der Waals surface area contributed by atoms with Crippen LogP contribution in [0.4, 0.5) is 0 Å². The van der Waals surface area contributed by atoms with Crippen LogP contribution in [-0.4, -0.2) is 0 Å². The Balaban J connectivity index is 2.27. The highest BCUT2D eigenvalue weighted by Gasteiger charge is 2.57. The molecule has 3 aromatic rings. The summed E-state index contributed by atoms with van der Waals surface area (Å²) in [6, 6.07) is 20.3. The van der Waals surface area contributed by atoms with E-state index in [1.165, 1.54) is 33.3 Å². The summed E-state index contributed by atoms with van der Waals surface area (Å²) in [6.45, 7) is 11.9. The monoisotopic (exact) mass is 330 g/mol. The molecule has 0 amide bonds. The average molecular weight is 330 g/mol. The van der Waals surface area contributed by atoms with Crippen LogP contribution >= 0.6 is 0 Å². The second kappa shape index (κ2) is 5.42. The summed E-state index contributed by atoms with van der Waals surface area (Å²) in [6.07, 6.45) is 2.24. The third kappa shape index (κ3) is 1.93. The molecule has 25 heavy (non-hydrogen) atoms. The zero-order valence-corrected chi connectivity index (χ0v) is 16.1. The van der Waals surface area contributed by atoms with Gasteiger partial charge in [0.1, 0.15) is 0 Å². The van der Waals surface area contributed by atoms with E-state index >= 15 is 0 Å². The van der Waals surface area contributed by atoms with Gasteiger partial charge in [-0.15, -0.1) is 0 Å². The zero-order chi connectivity index (χ0) is 17.8. The first kappa shape index (κ1) is 16.3. The molecule has 0 fully saturated rings. The molecule has 0 N–H and O–H groups in total. The van der Waals surface area contributed by atoms with Gasteiger partial charge in [-0.05, 0) is 44.0 Å². The molecule has 2 atom stereocenters. The van der Waals surface area contributed by atoms with Crippen LogP contribution in [0.5, 0.6) is 0 Å². The van der Waals surface area contributed by atoms with E-state index in [9.17, 15) is 0 Å². The SMILES string of the molecule is CCC1(C)c2ccccc2-c2c(C)cc3ccccc3[n+]2C1(C)CC. The molecule has 2 unspecified atom stereocenters. The first-order valence-electron chi connectivity index (χ1n) is 9.52. The number of aryl methyl sites for hydroxylation is 1. The van der Waals surface area contributed by atoms with Gasteiger partial charge in [-0.1, -0.05) is 44.2 Å². The highest BCUT2D eigenvalue weighted by Crippen LogP contribution is 2.50. The first-order chi connectivity index (χ1) is 12.0. The van der Waals surface area contributed by atoms with E-state index in [-0.39, 0.29) is 11.0 Å². The molecule has 1 aliphatic rings. The van der Waals surface area contributed by atoms with Crippen molar-refractivity contribution in [3.05, 3.63) is 65.7 Å². The van der Waals surface area contributed by atoms with Gasteiger partial charge in [0.05, 0.1) is 11.0 Å². The molecule has 1 aromatic heterocycles. The summed E-state index contributed by atoms with van der Waals surface area (Å²) >= 11 is 0. The third-order valence-electron chi connectivity index (χ3n) is 7.00. The van der Waals surface area contributed by atoms with Crippen LogP contribution in [0.3, 0.4) is 0 Å². The molecule has 2 heterocycles. The summed E-state index contributed by atoms with van der Waals surface area (Å²) in [4.78, 5) is 0. The lowest BCUT2D eigenvalue weighted by atomic mass is 9.60. The van der Waals surface area contributed by atoms with E-state index in [1.807, 2.05) is 0 Å². The van der Waals surface area contributed by atoms with E-state index < -0.39 is 0 Å². The van der Waals surface area contributed by atoms with E-state index in [0.717, 1.165) is 12.8 Å². The van der Waals surface area contributed by atoms with Crippen molar-refractivity contribution in [3.63, 3.8) is 0 Å². The molecule has 4 rings (SSSR count). The normalized spacial score (nSPS) is 24.8. The van der Waals surface area contributed by atoms with Crippen LogP contribution in [0.15, 0.2) is 54.6 Å². The molecule has 0 bridgehead atoms. The Morgan fingerprint density at radius 1 is 0.880 bits per heavy atom. The molecule has 0 aliphatic carbocycles. The summed E-state index contributed by atoms with van der Waals surface area (Å²) < 4.78 is 2.66. The van der Waals surface area contributed by atoms with Crippen molar-refractivity contribution in [1.29, 1.82) is 0 Å². The van der Waals surface area contributed by atoms with Crippen molar-refractivity contribution in [2.24, 2.45) is 0 Å². The number of hydrogen-bond donors (Lipinski definition) is 0. The van der Waals surface area contributed by atoms with Crippen molar-refractivity contribution < 1.29 is 4.57 Å². The fraction of sp³-hybridized carbons (Fsp3) is 0.375. The molecule has 2 aromatic carbocycles. The Hall–Kier alpha value is -2.15. The zero-order valence-electron chi connectivity index (χ0n) is 16.1. The molecular formula is C24H28N+. The minimum Gasteiger partial charge on any atom is -0.185 e. The molecule has 0 radical (unpaired) electrons. The smallest absolute Gasteiger partial charge is 0.185 e. The number of pyridine rings is 1. The number of rotatable bonds is 2. The first-order valence-corrected chi connectivity index (χ1v) is 9.52. The topological polar surface area (TPSA) is 3.88 Å². The number of nitrogens with zero attached hydrogens (tertiary/aromatic N) is 1. The van der Waals surface area contributed by atoms with Crippen LogP contribution in [0.2, 0.25) is 0 Å². The Morgan fingerprint density at radius 2 is 1.56 bits per heavy atom. The maximum Gasteiger partial charge on any atom is 0.216 e. The van der Waals surface area contributed by atoms with Crippen molar-refractivity contribution in [2.45, 2.75) is 58.4 Å². The molecule has 128 valence electrons. The quantitative estimate of drug-likeness (QED) is 0.514. The van der Waals surface area contributed by atoms with Gasteiger partial charge in [0.15, 0.2) is 5.54 Å². The van der Waals surface area contributed by atoms with Crippen molar-refractivity contribution in [3.8, 4) is 11.3 Å². The Bertz CT molecular complexity index is 971. The number of fused-ring (bicyclic) bond motifs is 5. The summed E-state index contributed by atoms with van der Waals surface area (Å²) in [5, 5.41) is 1.33. The standard InChI is InChI=1S/C24H28N/c1-6-23(4)20-14-10-9-13-19(20)22-17(3)16-18-12-8-11-15-21(18)25(22)24(23,5)7-2/h8-16H,6-7H2,1-5H3/q+1. The van der Waals surface area contributed by atoms with Gasteiger partial charge in [-0.25, -0.2) is 0 Å². The van der Waals surface area contributed by atoms with Gasteiger partial charge in [-0.3, -0.25) is 0 Å². The lowest BCUT2D eigenvalue weighted by Gasteiger charge is -2.46. The predicted molar refractivity (Wildman–Crippen MR) is 106 cm³/mol. The van der Waals surface area contributed by atoms with Crippen LogP contribution in [0, 0.1) is 6.92 Å². The molecule has 1 nitrogen and oxygen atoms in total. The van der Waals surface area contributed by atoms with Crippen molar-refractivity contribution >= 4 is 10.9 Å². The molecular weight excluding hydrogens is 302 g/mol. The average Bonchev–Trinajstić information content (AvgIpc) is 2.65. The number of para-hydroxylation sites is 1. The summed E-state index contributed by atoms with van der Waals surface area (Å²) in [7, 11) is 0. The van der Waals surface area contributed by atoms with Crippen LogP contribution in [-0.2, 0) is 11.0 Å². The number of hydrogen-bond acceptors (Lipinski definition) is 0. The second-order valence-corrected chi connectivity index (χ2v) is 7.93. The van der Waals surface area contributed by atoms with Gasteiger partial charge >= 0.3 is 0 Å². The molecule has 0 saturated heterocycles. The Kier molecular flexibility index (Phi) is 3.54. The lowest BCUT2D eigenvalue weighted by molar-refractivity contribution is -0.743. The maximum atomic E-state index is 2.66. The second-order valence-electron chi connectivity index (χ2n) is 7.93. The molecule has 1 heteroatoms. The Labute approximate surface area is 151 Å². The van der Waals surface area contributed by atoms with Crippen LogP contribution in [0.25, 0.3) is 22.2 Å². The molecule has 1 aliphatic heterocycles. The molecule has 0 saturated carbocycles. The number of aromatic nitrogens is 1.